The van der Waals surface area contributed by atoms with Gasteiger partial charge in [0.05, 0.1) is 11.2 Å². The molecular weight excluding hydrogens is 188 g/mol. The Morgan fingerprint density at radius 3 is 2.73 bits per heavy atom. The van der Waals surface area contributed by atoms with E-state index >= 15 is 0 Å². The van der Waals surface area contributed by atoms with E-state index in [0.717, 1.165) is 22.9 Å². The number of carbonyl (C=O) groups excluding carboxylic acids is 1. The zero-order valence-corrected chi connectivity index (χ0v) is 9.19. The predicted octanol–water partition coefficient (Wildman–Crippen LogP) is 2.51. The molecule has 2 rings (SSSR count). The highest BCUT2D eigenvalue weighted by Crippen LogP contribution is 2.24. The van der Waals surface area contributed by atoms with Crippen LogP contribution in [-0.4, -0.2) is 16.1 Å². The minimum absolute atomic E-state index is 0.399. The first-order chi connectivity index (χ1) is 7.13. The van der Waals surface area contributed by atoms with E-state index in [1.165, 1.54) is 0 Å². The first-order valence-electron chi connectivity index (χ1n) is 5.05. The summed E-state index contributed by atoms with van der Waals surface area (Å²) in [6.45, 7) is 4.24. The number of carbonyl (C=O) groups is 1. The Kier molecular flexibility index (Phi) is 2.31. The van der Waals surface area contributed by atoms with Crippen molar-refractivity contribution in [3.05, 3.63) is 29.5 Å². The van der Waals surface area contributed by atoms with Gasteiger partial charge in [-0.3, -0.25) is 9.48 Å². The van der Waals surface area contributed by atoms with Crippen molar-refractivity contribution < 1.29 is 4.79 Å². The van der Waals surface area contributed by atoms with Crippen LogP contribution in [0.5, 0.6) is 0 Å². The molecule has 0 radical (unpaired) electrons. The molecule has 0 aliphatic heterocycles. The SMILES string of the molecule is CC(C)c1nn(C)c2cc(C=O)ccc12. The van der Waals surface area contributed by atoms with Gasteiger partial charge in [0.1, 0.15) is 6.29 Å². The maximum Gasteiger partial charge on any atom is 0.150 e. The van der Waals surface area contributed by atoms with Crippen LogP contribution in [0.15, 0.2) is 18.2 Å². The molecule has 0 fully saturated rings. The van der Waals surface area contributed by atoms with E-state index in [1.54, 1.807) is 0 Å². The number of hydrogen-bond acceptors (Lipinski definition) is 2. The van der Waals surface area contributed by atoms with Crippen molar-refractivity contribution in [2.45, 2.75) is 19.8 Å². The third-order valence-corrected chi connectivity index (χ3v) is 2.59. The van der Waals surface area contributed by atoms with Gasteiger partial charge in [-0.05, 0) is 12.0 Å². The van der Waals surface area contributed by atoms with Gasteiger partial charge in [-0.1, -0.05) is 26.0 Å². The molecule has 1 heterocycles. The Morgan fingerprint density at radius 2 is 2.13 bits per heavy atom. The average molecular weight is 202 g/mol. The summed E-state index contributed by atoms with van der Waals surface area (Å²) < 4.78 is 1.83. The molecule has 0 spiro atoms. The van der Waals surface area contributed by atoms with Crippen LogP contribution >= 0.6 is 0 Å². The Labute approximate surface area is 88.7 Å². The molecule has 0 saturated heterocycles. The lowest BCUT2D eigenvalue weighted by atomic mass is 10.1. The van der Waals surface area contributed by atoms with Gasteiger partial charge in [0.2, 0.25) is 0 Å². The van der Waals surface area contributed by atoms with E-state index in [2.05, 4.69) is 18.9 Å². The summed E-state index contributed by atoms with van der Waals surface area (Å²) in [4.78, 5) is 10.7. The van der Waals surface area contributed by atoms with Crippen LogP contribution in [0, 0.1) is 0 Å². The topological polar surface area (TPSA) is 34.9 Å². The lowest BCUT2D eigenvalue weighted by Crippen LogP contribution is -1.93. The maximum atomic E-state index is 10.7. The number of hydrogen-bond donors (Lipinski definition) is 0. The number of benzene rings is 1. The lowest BCUT2D eigenvalue weighted by Gasteiger charge is -1.99. The zero-order valence-electron chi connectivity index (χ0n) is 9.19. The van der Waals surface area contributed by atoms with Gasteiger partial charge in [0, 0.05) is 18.0 Å². The van der Waals surface area contributed by atoms with Crippen molar-refractivity contribution in [2.24, 2.45) is 7.05 Å². The molecular formula is C12H14N2O. The summed E-state index contributed by atoms with van der Waals surface area (Å²) in [5.74, 6) is 0.399. The summed E-state index contributed by atoms with van der Waals surface area (Å²) in [6.07, 6.45) is 0.863. The van der Waals surface area contributed by atoms with Crippen molar-refractivity contribution in [3.63, 3.8) is 0 Å². The van der Waals surface area contributed by atoms with Gasteiger partial charge in [-0.25, -0.2) is 0 Å². The molecule has 2 aromatic rings. The maximum absolute atomic E-state index is 10.7. The number of nitrogens with zero attached hydrogens (tertiary/aromatic N) is 2. The van der Waals surface area contributed by atoms with Crippen molar-refractivity contribution in [1.82, 2.24) is 9.78 Å². The van der Waals surface area contributed by atoms with E-state index in [0.29, 0.717) is 11.5 Å². The molecule has 78 valence electrons. The first-order valence-corrected chi connectivity index (χ1v) is 5.05. The van der Waals surface area contributed by atoms with Crippen molar-refractivity contribution in [2.75, 3.05) is 0 Å². The second-order valence-corrected chi connectivity index (χ2v) is 4.06. The normalized spacial score (nSPS) is 11.2. The molecule has 0 bridgehead atoms. The molecule has 1 aromatic carbocycles. The van der Waals surface area contributed by atoms with E-state index in [9.17, 15) is 4.79 Å². The van der Waals surface area contributed by atoms with E-state index in [-0.39, 0.29) is 0 Å². The Hall–Kier alpha value is -1.64. The number of fused-ring (bicyclic) bond motifs is 1. The molecule has 3 nitrogen and oxygen atoms in total. The van der Waals surface area contributed by atoms with Crippen molar-refractivity contribution in [1.29, 1.82) is 0 Å². The van der Waals surface area contributed by atoms with Crippen LogP contribution in [0.4, 0.5) is 0 Å². The van der Waals surface area contributed by atoms with Crippen LogP contribution in [0.25, 0.3) is 10.9 Å². The summed E-state index contributed by atoms with van der Waals surface area (Å²) in [6, 6.07) is 5.69. The highest BCUT2D eigenvalue weighted by molar-refractivity contribution is 5.88. The van der Waals surface area contributed by atoms with Gasteiger partial charge in [-0.2, -0.15) is 5.10 Å². The fourth-order valence-electron chi connectivity index (χ4n) is 1.80. The summed E-state index contributed by atoms with van der Waals surface area (Å²) in [7, 11) is 1.91. The van der Waals surface area contributed by atoms with E-state index in [4.69, 9.17) is 0 Å². The summed E-state index contributed by atoms with van der Waals surface area (Å²) in [5.41, 5.74) is 2.80. The standard InChI is InChI=1S/C12H14N2O/c1-8(2)12-10-5-4-9(7-15)6-11(10)14(3)13-12/h4-8H,1-3H3. The lowest BCUT2D eigenvalue weighted by molar-refractivity contribution is 0.112. The smallest absolute Gasteiger partial charge is 0.150 e. The van der Waals surface area contributed by atoms with Crippen LogP contribution in [0.2, 0.25) is 0 Å². The molecule has 0 aliphatic rings. The highest BCUT2D eigenvalue weighted by atomic mass is 16.1. The highest BCUT2D eigenvalue weighted by Gasteiger charge is 2.11. The zero-order chi connectivity index (χ0) is 11.0. The predicted molar refractivity (Wildman–Crippen MR) is 60.2 cm³/mol. The molecule has 15 heavy (non-hydrogen) atoms. The Morgan fingerprint density at radius 1 is 1.40 bits per heavy atom. The third-order valence-electron chi connectivity index (χ3n) is 2.59. The second kappa shape index (κ2) is 3.50. The first kappa shape index (κ1) is 9.90. The molecule has 0 N–H and O–H groups in total. The molecule has 0 atom stereocenters. The van der Waals surface area contributed by atoms with Gasteiger partial charge < -0.3 is 0 Å². The minimum atomic E-state index is 0.399. The number of aryl methyl sites for hydroxylation is 1. The number of aldehydes is 1. The minimum Gasteiger partial charge on any atom is -0.298 e. The monoisotopic (exact) mass is 202 g/mol. The third kappa shape index (κ3) is 1.54. The van der Waals surface area contributed by atoms with Gasteiger partial charge in [0.15, 0.2) is 0 Å². The van der Waals surface area contributed by atoms with Crippen molar-refractivity contribution in [3.8, 4) is 0 Å². The number of aromatic nitrogens is 2. The van der Waals surface area contributed by atoms with Gasteiger partial charge in [-0.15, -0.1) is 0 Å². The molecule has 0 saturated carbocycles. The molecule has 0 unspecified atom stereocenters. The van der Waals surface area contributed by atoms with Crippen LogP contribution in [0.1, 0.15) is 35.8 Å². The van der Waals surface area contributed by atoms with E-state index in [1.807, 2.05) is 29.9 Å². The van der Waals surface area contributed by atoms with Crippen LogP contribution in [0.3, 0.4) is 0 Å². The quantitative estimate of drug-likeness (QED) is 0.701. The average Bonchev–Trinajstić information content (AvgIpc) is 2.56. The summed E-state index contributed by atoms with van der Waals surface area (Å²) >= 11 is 0. The molecule has 1 aromatic heterocycles. The molecule has 3 heteroatoms. The molecule has 0 amide bonds. The Bertz CT molecular complexity index is 512. The van der Waals surface area contributed by atoms with Crippen LogP contribution in [-0.2, 0) is 7.05 Å². The van der Waals surface area contributed by atoms with Crippen LogP contribution < -0.4 is 0 Å². The summed E-state index contributed by atoms with van der Waals surface area (Å²) in [5, 5.41) is 5.60. The van der Waals surface area contributed by atoms with E-state index < -0.39 is 0 Å². The second-order valence-electron chi connectivity index (χ2n) is 4.06. The van der Waals surface area contributed by atoms with Gasteiger partial charge in [0.25, 0.3) is 0 Å². The fraction of sp³-hybridized carbons (Fsp3) is 0.333. The fourth-order valence-corrected chi connectivity index (χ4v) is 1.80. The molecule has 0 aliphatic carbocycles. The Balaban J connectivity index is 2.74. The van der Waals surface area contributed by atoms with Crippen molar-refractivity contribution >= 4 is 17.2 Å². The van der Waals surface area contributed by atoms with Gasteiger partial charge >= 0.3 is 0 Å². The number of rotatable bonds is 2. The largest absolute Gasteiger partial charge is 0.298 e.